The minimum absolute atomic E-state index is 0.505. The molecular weight excluding hydrogens is 274 g/mol. The van der Waals surface area contributed by atoms with Gasteiger partial charge >= 0.3 is 0 Å². The standard InChI is InChI=1S/C18H27N3O/c1-2-18(22-9-1)14-20-8-5-16-11-21(13-17(16)12-20)10-15-3-6-19-7-4-15/h3-4,6-7,16-18H,1-2,5,8-14H2/t16-,17+,18+/m1/s1. The molecule has 1 aromatic rings. The molecular formula is C18H27N3O. The van der Waals surface area contributed by atoms with Crippen LogP contribution < -0.4 is 0 Å². The molecule has 0 aliphatic carbocycles. The maximum atomic E-state index is 5.81. The Bertz CT molecular complexity index is 474. The molecule has 0 unspecified atom stereocenters. The van der Waals surface area contributed by atoms with E-state index in [-0.39, 0.29) is 0 Å². The van der Waals surface area contributed by atoms with Crippen LogP contribution in [0.2, 0.25) is 0 Å². The number of pyridine rings is 1. The Balaban J connectivity index is 1.29. The molecule has 3 aliphatic rings. The Morgan fingerprint density at radius 1 is 1.05 bits per heavy atom. The fourth-order valence-electron chi connectivity index (χ4n) is 4.46. The maximum Gasteiger partial charge on any atom is 0.0702 e. The number of ether oxygens (including phenoxy) is 1. The van der Waals surface area contributed by atoms with Crippen LogP contribution in [-0.4, -0.2) is 60.2 Å². The van der Waals surface area contributed by atoms with Crippen LogP contribution in [0, 0.1) is 11.8 Å². The Labute approximate surface area is 133 Å². The molecule has 4 rings (SSSR count). The van der Waals surface area contributed by atoms with E-state index in [0.717, 1.165) is 31.5 Å². The molecule has 3 atom stereocenters. The van der Waals surface area contributed by atoms with Gasteiger partial charge < -0.3 is 9.64 Å². The lowest BCUT2D eigenvalue weighted by atomic mass is 9.88. The predicted octanol–water partition coefficient (Wildman–Crippen LogP) is 2.01. The fraction of sp³-hybridized carbons (Fsp3) is 0.722. The van der Waals surface area contributed by atoms with E-state index in [4.69, 9.17) is 4.74 Å². The van der Waals surface area contributed by atoms with Crippen LogP contribution in [0.25, 0.3) is 0 Å². The highest BCUT2D eigenvalue weighted by Gasteiger charge is 2.37. The Morgan fingerprint density at radius 3 is 2.68 bits per heavy atom. The molecule has 0 saturated carbocycles. The lowest BCUT2D eigenvalue weighted by Crippen LogP contribution is -2.43. The van der Waals surface area contributed by atoms with Crippen molar-refractivity contribution < 1.29 is 4.74 Å². The largest absolute Gasteiger partial charge is 0.377 e. The van der Waals surface area contributed by atoms with Gasteiger partial charge in [-0.2, -0.15) is 0 Å². The summed E-state index contributed by atoms with van der Waals surface area (Å²) in [6, 6.07) is 4.29. The molecule has 4 heterocycles. The lowest BCUT2D eigenvalue weighted by Gasteiger charge is -2.35. The zero-order valence-corrected chi connectivity index (χ0v) is 13.4. The van der Waals surface area contributed by atoms with Gasteiger partial charge in [-0.05, 0) is 55.3 Å². The highest BCUT2D eigenvalue weighted by atomic mass is 16.5. The summed E-state index contributed by atoms with van der Waals surface area (Å²) in [6.45, 7) is 8.30. The topological polar surface area (TPSA) is 28.6 Å². The smallest absolute Gasteiger partial charge is 0.0702 e. The van der Waals surface area contributed by atoms with E-state index in [1.807, 2.05) is 12.4 Å². The Morgan fingerprint density at radius 2 is 1.86 bits per heavy atom. The quantitative estimate of drug-likeness (QED) is 0.851. The number of hydrogen-bond acceptors (Lipinski definition) is 4. The van der Waals surface area contributed by atoms with Crippen molar-refractivity contribution in [2.75, 3.05) is 39.3 Å². The van der Waals surface area contributed by atoms with Crippen LogP contribution in [0.5, 0.6) is 0 Å². The Hall–Kier alpha value is -0.970. The lowest BCUT2D eigenvalue weighted by molar-refractivity contribution is 0.0507. The van der Waals surface area contributed by atoms with E-state index < -0.39 is 0 Å². The first-order chi connectivity index (χ1) is 10.9. The molecule has 0 spiro atoms. The van der Waals surface area contributed by atoms with E-state index in [0.29, 0.717) is 6.10 Å². The fourth-order valence-corrected chi connectivity index (χ4v) is 4.46. The maximum absolute atomic E-state index is 5.81. The van der Waals surface area contributed by atoms with Gasteiger partial charge in [-0.15, -0.1) is 0 Å². The van der Waals surface area contributed by atoms with Crippen molar-refractivity contribution in [1.82, 2.24) is 14.8 Å². The van der Waals surface area contributed by atoms with Crippen molar-refractivity contribution in [2.24, 2.45) is 11.8 Å². The van der Waals surface area contributed by atoms with Crippen molar-refractivity contribution in [1.29, 1.82) is 0 Å². The van der Waals surface area contributed by atoms with Gasteiger partial charge in [0.15, 0.2) is 0 Å². The van der Waals surface area contributed by atoms with Crippen molar-refractivity contribution in [3.05, 3.63) is 30.1 Å². The third-order valence-corrected chi connectivity index (χ3v) is 5.60. The molecule has 4 heteroatoms. The summed E-state index contributed by atoms with van der Waals surface area (Å²) >= 11 is 0. The van der Waals surface area contributed by atoms with Crippen molar-refractivity contribution >= 4 is 0 Å². The molecule has 3 saturated heterocycles. The minimum Gasteiger partial charge on any atom is -0.377 e. The van der Waals surface area contributed by atoms with Gasteiger partial charge in [0.05, 0.1) is 6.10 Å². The molecule has 0 radical (unpaired) electrons. The number of likely N-dealkylation sites (tertiary alicyclic amines) is 2. The predicted molar refractivity (Wildman–Crippen MR) is 86.5 cm³/mol. The van der Waals surface area contributed by atoms with Gasteiger partial charge in [-0.1, -0.05) is 0 Å². The average molecular weight is 301 g/mol. The van der Waals surface area contributed by atoms with Gasteiger partial charge in [0.1, 0.15) is 0 Å². The summed E-state index contributed by atoms with van der Waals surface area (Å²) in [6.07, 6.45) is 8.20. The molecule has 0 amide bonds. The highest BCUT2D eigenvalue weighted by molar-refractivity contribution is 5.10. The summed E-state index contributed by atoms with van der Waals surface area (Å²) < 4.78 is 5.81. The van der Waals surface area contributed by atoms with Gasteiger partial charge in [-0.3, -0.25) is 9.88 Å². The van der Waals surface area contributed by atoms with Crippen LogP contribution >= 0.6 is 0 Å². The van der Waals surface area contributed by atoms with E-state index in [9.17, 15) is 0 Å². The second-order valence-corrected chi connectivity index (χ2v) is 7.25. The third-order valence-electron chi connectivity index (χ3n) is 5.60. The number of fused-ring (bicyclic) bond motifs is 1. The number of nitrogens with zero attached hydrogens (tertiary/aromatic N) is 3. The summed E-state index contributed by atoms with van der Waals surface area (Å²) in [5, 5.41) is 0. The zero-order valence-electron chi connectivity index (χ0n) is 13.4. The van der Waals surface area contributed by atoms with Crippen LogP contribution in [0.4, 0.5) is 0 Å². The van der Waals surface area contributed by atoms with Crippen LogP contribution in [0.15, 0.2) is 24.5 Å². The molecule has 22 heavy (non-hydrogen) atoms. The molecule has 4 nitrogen and oxygen atoms in total. The molecule has 3 fully saturated rings. The zero-order chi connectivity index (χ0) is 14.8. The third kappa shape index (κ3) is 3.34. The van der Waals surface area contributed by atoms with E-state index in [2.05, 4.69) is 26.9 Å². The molecule has 0 N–H and O–H groups in total. The first-order valence-corrected chi connectivity index (χ1v) is 8.82. The second-order valence-electron chi connectivity index (χ2n) is 7.25. The molecule has 120 valence electrons. The minimum atomic E-state index is 0.505. The van der Waals surface area contributed by atoms with E-state index >= 15 is 0 Å². The number of hydrogen-bond donors (Lipinski definition) is 0. The first-order valence-electron chi connectivity index (χ1n) is 8.82. The summed E-state index contributed by atoms with van der Waals surface area (Å²) in [5.74, 6) is 1.76. The monoisotopic (exact) mass is 301 g/mol. The molecule has 3 aliphatic heterocycles. The van der Waals surface area contributed by atoms with Crippen LogP contribution in [0.1, 0.15) is 24.8 Å². The van der Waals surface area contributed by atoms with E-state index in [1.165, 1.54) is 51.0 Å². The van der Waals surface area contributed by atoms with Crippen molar-refractivity contribution in [3.8, 4) is 0 Å². The number of piperidine rings is 1. The van der Waals surface area contributed by atoms with Crippen LogP contribution in [0.3, 0.4) is 0 Å². The normalized spacial score (nSPS) is 33.2. The van der Waals surface area contributed by atoms with Gasteiger partial charge in [0.2, 0.25) is 0 Å². The van der Waals surface area contributed by atoms with Crippen molar-refractivity contribution in [2.45, 2.75) is 31.9 Å². The Kier molecular flexibility index (Phi) is 4.42. The average Bonchev–Trinajstić information content (AvgIpc) is 3.17. The SMILES string of the molecule is c1cc(CN2C[C@H]3CCN(C[C@@H]4CCCO4)C[C@H]3C2)ccn1. The van der Waals surface area contributed by atoms with Gasteiger partial charge in [-0.25, -0.2) is 0 Å². The van der Waals surface area contributed by atoms with Gasteiger partial charge in [0, 0.05) is 51.7 Å². The molecule has 0 bridgehead atoms. The van der Waals surface area contributed by atoms with E-state index in [1.54, 1.807) is 0 Å². The molecule has 0 aromatic carbocycles. The summed E-state index contributed by atoms with van der Waals surface area (Å²) in [4.78, 5) is 9.41. The van der Waals surface area contributed by atoms with Crippen molar-refractivity contribution in [3.63, 3.8) is 0 Å². The van der Waals surface area contributed by atoms with Gasteiger partial charge in [0.25, 0.3) is 0 Å². The first kappa shape index (κ1) is 14.6. The number of rotatable bonds is 4. The second kappa shape index (κ2) is 6.65. The summed E-state index contributed by atoms with van der Waals surface area (Å²) in [5.41, 5.74) is 1.39. The van der Waals surface area contributed by atoms with Crippen LogP contribution in [-0.2, 0) is 11.3 Å². The molecule has 1 aromatic heterocycles. The summed E-state index contributed by atoms with van der Waals surface area (Å²) in [7, 11) is 0. The highest BCUT2D eigenvalue weighted by Crippen LogP contribution is 2.32. The number of aromatic nitrogens is 1.